The topological polar surface area (TPSA) is 84.5 Å². The first-order valence-corrected chi connectivity index (χ1v) is 7.66. The van der Waals surface area contributed by atoms with Crippen molar-refractivity contribution in [2.45, 2.75) is 11.3 Å². The Kier molecular flexibility index (Phi) is 3.70. The van der Waals surface area contributed by atoms with Gasteiger partial charge < -0.3 is 5.32 Å². The molecular weight excluding hydrogens is 258 g/mol. The molecule has 0 bridgehead atoms. The lowest BCUT2D eigenvalue weighted by atomic mass is 10.3. The van der Waals surface area contributed by atoms with Crippen LogP contribution in [0.3, 0.4) is 0 Å². The summed E-state index contributed by atoms with van der Waals surface area (Å²) in [5.41, 5.74) is 0.685. The predicted octanol–water partition coefficient (Wildman–Crippen LogP) is 1.24. The molecule has 0 aromatic heterocycles. The monoisotopic (exact) mass is 271 g/mol. The maximum absolute atomic E-state index is 11.2. The van der Waals surface area contributed by atoms with Crippen molar-refractivity contribution in [3.8, 4) is 0 Å². The minimum atomic E-state index is -3.65. The standard InChI is InChI=1S/C10H13N3O2S2/c11-17(14,15)9-4-1-3-8(7-9)13-10-12-5-2-6-16-10/h1,3-4,7H,2,5-6H2,(H,12,13)(H2,11,14,15). The molecular formula is C10H13N3O2S2. The van der Waals surface area contributed by atoms with Gasteiger partial charge in [-0.1, -0.05) is 17.8 Å². The highest BCUT2D eigenvalue weighted by atomic mass is 32.2. The van der Waals surface area contributed by atoms with Crippen LogP contribution in [0.25, 0.3) is 0 Å². The van der Waals surface area contributed by atoms with Crippen molar-refractivity contribution in [3.05, 3.63) is 24.3 Å². The third-order valence-corrected chi connectivity index (χ3v) is 4.12. The van der Waals surface area contributed by atoms with Crippen LogP contribution in [-0.2, 0) is 10.0 Å². The van der Waals surface area contributed by atoms with Crippen molar-refractivity contribution in [3.63, 3.8) is 0 Å². The first-order valence-electron chi connectivity index (χ1n) is 5.13. The fourth-order valence-corrected chi connectivity index (χ4v) is 2.81. The summed E-state index contributed by atoms with van der Waals surface area (Å²) >= 11 is 1.63. The van der Waals surface area contributed by atoms with E-state index in [1.54, 1.807) is 23.9 Å². The molecule has 1 heterocycles. The van der Waals surface area contributed by atoms with E-state index >= 15 is 0 Å². The number of hydrogen-bond donors (Lipinski definition) is 2. The summed E-state index contributed by atoms with van der Waals surface area (Å²) < 4.78 is 22.4. The maximum Gasteiger partial charge on any atom is 0.238 e. The average Bonchev–Trinajstić information content (AvgIpc) is 2.29. The summed E-state index contributed by atoms with van der Waals surface area (Å²) in [5.74, 6) is 1.03. The van der Waals surface area contributed by atoms with Gasteiger partial charge in [-0.15, -0.1) is 0 Å². The van der Waals surface area contributed by atoms with Crippen LogP contribution in [0.4, 0.5) is 5.69 Å². The van der Waals surface area contributed by atoms with Gasteiger partial charge in [0, 0.05) is 18.0 Å². The summed E-state index contributed by atoms with van der Waals surface area (Å²) in [6, 6.07) is 6.41. The molecule has 0 spiro atoms. The average molecular weight is 271 g/mol. The summed E-state index contributed by atoms with van der Waals surface area (Å²) in [6.07, 6.45) is 1.08. The number of thioether (sulfide) groups is 1. The zero-order valence-electron chi connectivity index (χ0n) is 9.09. The minimum Gasteiger partial charge on any atom is -0.335 e. The third kappa shape index (κ3) is 3.45. The molecule has 3 N–H and O–H groups in total. The van der Waals surface area contributed by atoms with Crippen LogP contribution in [-0.4, -0.2) is 25.9 Å². The summed E-state index contributed by atoms with van der Waals surface area (Å²) in [5, 5.41) is 8.98. The Morgan fingerprint density at radius 2 is 2.24 bits per heavy atom. The number of nitrogens with one attached hydrogen (secondary N) is 1. The molecule has 92 valence electrons. The lowest BCUT2D eigenvalue weighted by Gasteiger charge is -2.13. The molecule has 0 atom stereocenters. The minimum absolute atomic E-state index is 0.101. The molecule has 0 amide bonds. The Balaban J connectivity index is 2.19. The molecule has 0 saturated heterocycles. The molecule has 0 fully saturated rings. The number of aliphatic imine (C=N–C) groups is 1. The summed E-state index contributed by atoms with van der Waals surface area (Å²) in [7, 11) is -3.65. The lowest BCUT2D eigenvalue weighted by Crippen LogP contribution is -2.15. The zero-order chi connectivity index (χ0) is 12.3. The van der Waals surface area contributed by atoms with Crippen molar-refractivity contribution in [1.29, 1.82) is 0 Å². The van der Waals surface area contributed by atoms with Gasteiger partial charge in [0.2, 0.25) is 10.0 Å². The van der Waals surface area contributed by atoms with Crippen LogP contribution in [0.1, 0.15) is 6.42 Å². The molecule has 5 nitrogen and oxygen atoms in total. The number of sulfonamides is 1. The van der Waals surface area contributed by atoms with Gasteiger partial charge in [-0.05, 0) is 24.6 Å². The van der Waals surface area contributed by atoms with Crippen LogP contribution in [0.5, 0.6) is 0 Å². The number of amidine groups is 1. The van der Waals surface area contributed by atoms with E-state index in [1.165, 1.54) is 12.1 Å². The van der Waals surface area contributed by atoms with E-state index in [2.05, 4.69) is 10.3 Å². The van der Waals surface area contributed by atoms with Crippen LogP contribution >= 0.6 is 11.8 Å². The van der Waals surface area contributed by atoms with Crippen LogP contribution < -0.4 is 10.5 Å². The molecule has 1 aromatic carbocycles. The Bertz CT molecular complexity index is 540. The van der Waals surface area contributed by atoms with Gasteiger partial charge in [0.05, 0.1) is 4.90 Å². The van der Waals surface area contributed by atoms with Crippen molar-refractivity contribution >= 4 is 32.6 Å². The molecule has 7 heteroatoms. The third-order valence-electron chi connectivity index (χ3n) is 2.21. The van der Waals surface area contributed by atoms with E-state index < -0.39 is 10.0 Å². The number of anilines is 1. The molecule has 0 saturated carbocycles. The second-order valence-electron chi connectivity index (χ2n) is 3.59. The van der Waals surface area contributed by atoms with E-state index in [1.807, 2.05) is 0 Å². The Hall–Kier alpha value is -1.05. The molecule has 0 unspecified atom stereocenters. The number of benzene rings is 1. The highest BCUT2D eigenvalue weighted by Gasteiger charge is 2.10. The number of primary sulfonamides is 1. The largest absolute Gasteiger partial charge is 0.335 e. The van der Waals surface area contributed by atoms with Gasteiger partial charge >= 0.3 is 0 Å². The fourth-order valence-electron chi connectivity index (χ4n) is 1.41. The first-order chi connectivity index (χ1) is 8.05. The number of rotatable bonds is 2. The first kappa shape index (κ1) is 12.4. The van der Waals surface area contributed by atoms with Gasteiger partial charge in [0.25, 0.3) is 0 Å². The zero-order valence-corrected chi connectivity index (χ0v) is 10.7. The van der Waals surface area contributed by atoms with Crippen molar-refractivity contribution in [2.75, 3.05) is 17.6 Å². The highest BCUT2D eigenvalue weighted by Crippen LogP contribution is 2.18. The summed E-state index contributed by atoms with van der Waals surface area (Å²) in [6.45, 7) is 0.810. The normalized spacial score (nSPS) is 16.4. The van der Waals surface area contributed by atoms with E-state index in [-0.39, 0.29) is 4.90 Å². The molecule has 2 rings (SSSR count). The summed E-state index contributed by atoms with van der Waals surface area (Å²) in [4.78, 5) is 4.41. The van der Waals surface area contributed by atoms with E-state index in [0.29, 0.717) is 5.69 Å². The smallest absolute Gasteiger partial charge is 0.238 e. The van der Waals surface area contributed by atoms with Gasteiger partial charge in [-0.25, -0.2) is 13.6 Å². The number of hydrogen-bond acceptors (Lipinski definition) is 5. The molecule has 1 aromatic rings. The molecule has 1 aliphatic rings. The number of nitrogens with two attached hydrogens (primary N) is 1. The highest BCUT2D eigenvalue weighted by molar-refractivity contribution is 8.14. The molecule has 0 aliphatic carbocycles. The Labute approximate surface area is 105 Å². The number of nitrogens with zero attached hydrogens (tertiary/aromatic N) is 1. The van der Waals surface area contributed by atoms with Crippen molar-refractivity contribution in [1.82, 2.24) is 0 Å². The maximum atomic E-state index is 11.2. The van der Waals surface area contributed by atoms with E-state index in [0.717, 1.165) is 23.9 Å². The molecule has 0 radical (unpaired) electrons. The fraction of sp³-hybridized carbons (Fsp3) is 0.300. The van der Waals surface area contributed by atoms with Crippen molar-refractivity contribution in [2.24, 2.45) is 10.1 Å². The quantitative estimate of drug-likeness (QED) is 0.847. The second kappa shape index (κ2) is 5.07. The van der Waals surface area contributed by atoms with Gasteiger partial charge in [-0.3, -0.25) is 4.99 Å². The Morgan fingerprint density at radius 1 is 1.41 bits per heavy atom. The van der Waals surface area contributed by atoms with Crippen LogP contribution in [0.15, 0.2) is 34.2 Å². The van der Waals surface area contributed by atoms with E-state index in [4.69, 9.17) is 5.14 Å². The van der Waals surface area contributed by atoms with Gasteiger partial charge in [-0.2, -0.15) is 0 Å². The van der Waals surface area contributed by atoms with Crippen LogP contribution in [0.2, 0.25) is 0 Å². The SMILES string of the molecule is NS(=O)(=O)c1cccc(NC2=NCCCS2)c1. The second-order valence-corrected chi connectivity index (χ2v) is 6.23. The molecule has 17 heavy (non-hydrogen) atoms. The Morgan fingerprint density at radius 3 is 2.88 bits per heavy atom. The van der Waals surface area contributed by atoms with Gasteiger partial charge in [0.1, 0.15) is 0 Å². The van der Waals surface area contributed by atoms with Crippen LogP contribution in [0, 0.1) is 0 Å². The molecule has 1 aliphatic heterocycles. The van der Waals surface area contributed by atoms with Gasteiger partial charge in [0.15, 0.2) is 5.17 Å². The lowest BCUT2D eigenvalue weighted by molar-refractivity contribution is 0.598. The van der Waals surface area contributed by atoms with Crippen molar-refractivity contribution < 1.29 is 8.42 Å². The predicted molar refractivity (Wildman–Crippen MR) is 70.8 cm³/mol. The van der Waals surface area contributed by atoms with E-state index in [9.17, 15) is 8.42 Å².